The average Bonchev–Trinajstić information content (AvgIpc) is 3.07. The van der Waals surface area contributed by atoms with E-state index in [2.05, 4.69) is 16.7 Å². The lowest BCUT2D eigenvalue weighted by Gasteiger charge is -2.19. The summed E-state index contributed by atoms with van der Waals surface area (Å²) >= 11 is 0. The zero-order valence-electron chi connectivity index (χ0n) is 12.2. The Labute approximate surface area is 128 Å². The molecule has 0 atom stereocenters. The van der Waals surface area contributed by atoms with Gasteiger partial charge in [-0.2, -0.15) is 0 Å². The zero-order valence-corrected chi connectivity index (χ0v) is 12.2. The summed E-state index contributed by atoms with van der Waals surface area (Å²) in [4.78, 5) is 23.7. The Bertz CT molecular complexity index is 677. The Balaban J connectivity index is 1.59. The second kappa shape index (κ2) is 6.47. The minimum absolute atomic E-state index is 0.0802. The van der Waals surface area contributed by atoms with Crippen LogP contribution < -0.4 is 10.6 Å². The fourth-order valence-corrected chi connectivity index (χ4v) is 2.75. The van der Waals surface area contributed by atoms with Gasteiger partial charge in [0.2, 0.25) is 5.91 Å². The Hall–Kier alpha value is -2.56. The first-order valence-electron chi connectivity index (χ1n) is 7.46. The number of anilines is 1. The summed E-state index contributed by atoms with van der Waals surface area (Å²) in [5, 5.41) is 5.43. The quantitative estimate of drug-likeness (QED) is 0.911. The van der Waals surface area contributed by atoms with Crippen LogP contribution in [0.15, 0.2) is 41.0 Å². The molecule has 0 aliphatic heterocycles. The number of carbonyl (C=O) groups is 2. The molecule has 0 bridgehead atoms. The van der Waals surface area contributed by atoms with Gasteiger partial charge in [-0.3, -0.25) is 9.59 Å². The van der Waals surface area contributed by atoms with Gasteiger partial charge in [0.1, 0.15) is 0 Å². The normalized spacial score (nSPS) is 13.3. The molecular weight excluding hydrogens is 280 g/mol. The molecule has 2 amide bonds. The first-order chi connectivity index (χ1) is 10.7. The molecule has 0 radical (unpaired) electrons. The topological polar surface area (TPSA) is 71.3 Å². The number of hydrogen-bond acceptors (Lipinski definition) is 3. The summed E-state index contributed by atoms with van der Waals surface area (Å²) in [6.45, 7) is -0.0802. The number of furan rings is 1. The van der Waals surface area contributed by atoms with Crippen molar-refractivity contribution in [2.75, 3.05) is 11.9 Å². The van der Waals surface area contributed by atoms with Crippen molar-refractivity contribution < 1.29 is 14.0 Å². The van der Waals surface area contributed by atoms with E-state index in [1.165, 1.54) is 23.8 Å². The molecule has 0 saturated carbocycles. The van der Waals surface area contributed by atoms with Gasteiger partial charge in [-0.05, 0) is 55.0 Å². The molecule has 3 rings (SSSR count). The van der Waals surface area contributed by atoms with Crippen LogP contribution in [0.3, 0.4) is 0 Å². The molecule has 1 aromatic carbocycles. The first kappa shape index (κ1) is 14.4. The van der Waals surface area contributed by atoms with Crippen LogP contribution in [-0.2, 0) is 17.6 Å². The Morgan fingerprint density at radius 1 is 1.09 bits per heavy atom. The van der Waals surface area contributed by atoms with E-state index < -0.39 is 5.91 Å². The number of rotatable bonds is 4. The van der Waals surface area contributed by atoms with E-state index in [1.54, 1.807) is 12.1 Å². The molecule has 5 nitrogen and oxygen atoms in total. The number of benzene rings is 1. The lowest BCUT2D eigenvalue weighted by Crippen LogP contribution is -2.33. The SMILES string of the molecule is O=C(CNC(=O)c1ccco1)Nc1cccc2c1CCCC2. The number of hydrogen-bond donors (Lipinski definition) is 2. The zero-order chi connectivity index (χ0) is 15.4. The third kappa shape index (κ3) is 3.19. The minimum Gasteiger partial charge on any atom is -0.459 e. The van der Waals surface area contributed by atoms with Crippen molar-refractivity contribution in [2.24, 2.45) is 0 Å². The number of nitrogens with one attached hydrogen (secondary N) is 2. The summed E-state index contributed by atoms with van der Waals surface area (Å²) in [5.41, 5.74) is 3.39. The van der Waals surface area contributed by atoms with Crippen LogP contribution in [0, 0.1) is 0 Å². The van der Waals surface area contributed by atoms with Gasteiger partial charge in [0.15, 0.2) is 5.76 Å². The highest BCUT2D eigenvalue weighted by Crippen LogP contribution is 2.27. The molecule has 0 unspecified atom stereocenters. The third-order valence-electron chi connectivity index (χ3n) is 3.82. The van der Waals surface area contributed by atoms with E-state index >= 15 is 0 Å². The van der Waals surface area contributed by atoms with Crippen LogP contribution in [-0.4, -0.2) is 18.4 Å². The second-order valence-corrected chi connectivity index (χ2v) is 5.36. The standard InChI is InChI=1S/C17H18N2O3/c20-16(11-18-17(21)15-9-4-10-22-15)19-14-8-3-6-12-5-1-2-7-13(12)14/h3-4,6,8-10H,1-2,5,7,11H2,(H,18,21)(H,19,20). The van der Waals surface area contributed by atoms with Crippen molar-refractivity contribution in [3.63, 3.8) is 0 Å². The molecular formula is C17H18N2O3. The van der Waals surface area contributed by atoms with E-state index in [-0.39, 0.29) is 18.2 Å². The summed E-state index contributed by atoms with van der Waals surface area (Å²) in [6.07, 6.45) is 5.82. The van der Waals surface area contributed by atoms with E-state index in [4.69, 9.17) is 4.42 Å². The second-order valence-electron chi connectivity index (χ2n) is 5.36. The van der Waals surface area contributed by atoms with Gasteiger partial charge in [-0.25, -0.2) is 0 Å². The maximum absolute atomic E-state index is 12.0. The fourth-order valence-electron chi connectivity index (χ4n) is 2.75. The highest BCUT2D eigenvalue weighted by molar-refractivity contribution is 5.98. The summed E-state index contributed by atoms with van der Waals surface area (Å²) in [6, 6.07) is 9.17. The van der Waals surface area contributed by atoms with Gasteiger partial charge in [0.25, 0.3) is 5.91 Å². The van der Waals surface area contributed by atoms with Crippen molar-refractivity contribution >= 4 is 17.5 Å². The van der Waals surface area contributed by atoms with Gasteiger partial charge in [0.05, 0.1) is 12.8 Å². The Morgan fingerprint density at radius 2 is 1.95 bits per heavy atom. The largest absolute Gasteiger partial charge is 0.459 e. The molecule has 1 aliphatic rings. The molecule has 0 spiro atoms. The number of amides is 2. The van der Waals surface area contributed by atoms with Gasteiger partial charge < -0.3 is 15.1 Å². The minimum atomic E-state index is -0.393. The third-order valence-corrected chi connectivity index (χ3v) is 3.82. The van der Waals surface area contributed by atoms with Crippen LogP contribution in [0.4, 0.5) is 5.69 Å². The number of aryl methyl sites for hydroxylation is 1. The van der Waals surface area contributed by atoms with Crippen molar-refractivity contribution in [1.82, 2.24) is 5.32 Å². The van der Waals surface area contributed by atoms with E-state index in [0.717, 1.165) is 24.9 Å². The van der Waals surface area contributed by atoms with Crippen molar-refractivity contribution in [3.05, 3.63) is 53.5 Å². The highest BCUT2D eigenvalue weighted by Gasteiger charge is 2.15. The number of fused-ring (bicyclic) bond motifs is 1. The van der Waals surface area contributed by atoms with Crippen LogP contribution in [0.25, 0.3) is 0 Å². The van der Waals surface area contributed by atoms with Gasteiger partial charge in [-0.15, -0.1) is 0 Å². The maximum atomic E-state index is 12.0. The predicted octanol–water partition coefficient (Wildman–Crippen LogP) is 2.53. The van der Waals surface area contributed by atoms with E-state index in [1.807, 2.05) is 12.1 Å². The monoisotopic (exact) mass is 298 g/mol. The lowest BCUT2D eigenvalue weighted by atomic mass is 9.90. The molecule has 1 heterocycles. The maximum Gasteiger partial charge on any atom is 0.287 e. The van der Waals surface area contributed by atoms with Crippen molar-refractivity contribution in [3.8, 4) is 0 Å². The van der Waals surface area contributed by atoms with Crippen LogP contribution in [0.1, 0.15) is 34.5 Å². The van der Waals surface area contributed by atoms with Crippen LogP contribution in [0.5, 0.6) is 0 Å². The fraction of sp³-hybridized carbons (Fsp3) is 0.294. The molecule has 114 valence electrons. The summed E-state index contributed by atoms with van der Waals surface area (Å²) in [7, 11) is 0. The smallest absolute Gasteiger partial charge is 0.287 e. The summed E-state index contributed by atoms with van der Waals surface area (Å²) in [5.74, 6) is -0.431. The Kier molecular flexibility index (Phi) is 4.23. The average molecular weight is 298 g/mol. The van der Waals surface area contributed by atoms with Gasteiger partial charge in [-0.1, -0.05) is 12.1 Å². The molecule has 2 N–H and O–H groups in total. The molecule has 0 saturated heterocycles. The van der Waals surface area contributed by atoms with Crippen molar-refractivity contribution in [1.29, 1.82) is 0 Å². The predicted molar refractivity (Wildman–Crippen MR) is 82.8 cm³/mol. The van der Waals surface area contributed by atoms with E-state index in [0.29, 0.717) is 0 Å². The molecule has 0 fully saturated rings. The van der Waals surface area contributed by atoms with Crippen LogP contribution >= 0.6 is 0 Å². The van der Waals surface area contributed by atoms with E-state index in [9.17, 15) is 9.59 Å². The molecule has 5 heteroatoms. The summed E-state index contributed by atoms with van der Waals surface area (Å²) < 4.78 is 4.98. The lowest BCUT2D eigenvalue weighted by molar-refractivity contribution is -0.115. The molecule has 1 aliphatic carbocycles. The molecule has 22 heavy (non-hydrogen) atoms. The Morgan fingerprint density at radius 3 is 2.77 bits per heavy atom. The van der Waals surface area contributed by atoms with Crippen LogP contribution in [0.2, 0.25) is 0 Å². The van der Waals surface area contributed by atoms with Gasteiger partial charge in [0, 0.05) is 5.69 Å². The van der Waals surface area contributed by atoms with Gasteiger partial charge >= 0.3 is 0 Å². The van der Waals surface area contributed by atoms with Crippen molar-refractivity contribution in [2.45, 2.75) is 25.7 Å². The number of carbonyl (C=O) groups excluding carboxylic acids is 2. The molecule has 1 aromatic heterocycles. The molecule has 2 aromatic rings. The highest BCUT2D eigenvalue weighted by atomic mass is 16.3. The first-order valence-corrected chi connectivity index (χ1v) is 7.46.